The lowest BCUT2D eigenvalue weighted by atomic mass is 9.85. The molecule has 2 saturated heterocycles. The summed E-state index contributed by atoms with van der Waals surface area (Å²) in [4.78, 5) is 2.63. The Hall–Kier alpha value is -0.900. The Bertz CT molecular complexity index is 450. The van der Waals surface area contributed by atoms with Crippen molar-refractivity contribution in [1.29, 1.82) is 0 Å². The van der Waals surface area contributed by atoms with Crippen molar-refractivity contribution in [3.8, 4) is 0 Å². The molecule has 0 radical (unpaired) electrons. The fraction of sp³-hybridized carbons (Fsp3) is 0.700. The van der Waals surface area contributed by atoms with Crippen LogP contribution in [-0.4, -0.2) is 43.3 Å². The van der Waals surface area contributed by atoms with Gasteiger partial charge in [-0.15, -0.1) is 0 Å². The molecule has 1 unspecified atom stereocenters. The number of ether oxygens (including phenoxy) is 1. The highest BCUT2D eigenvalue weighted by Crippen LogP contribution is 2.27. The molecule has 0 amide bonds. The normalized spacial score (nSPS) is 28.5. The minimum Gasteiger partial charge on any atom is -0.379 e. The van der Waals surface area contributed by atoms with E-state index in [4.69, 9.17) is 4.74 Å². The molecule has 2 fully saturated rings. The van der Waals surface area contributed by atoms with Crippen LogP contribution in [0.1, 0.15) is 44.6 Å². The van der Waals surface area contributed by atoms with E-state index in [1.165, 1.54) is 37.7 Å². The van der Waals surface area contributed by atoms with Gasteiger partial charge < -0.3 is 10.1 Å². The maximum Gasteiger partial charge on any atom is 0.0637 e. The molecule has 23 heavy (non-hydrogen) atoms. The SMILES string of the molecule is CCCCCCC1COC[C@@H]2[C@@H]1NCCN2Cc1ccccc1. The highest BCUT2D eigenvalue weighted by atomic mass is 16.5. The molecule has 3 heteroatoms. The van der Waals surface area contributed by atoms with Gasteiger partial charge in [-0.3, -0.25) is 4.90 Å². The molecule has 0 spiro atoms. The standard InChI is InChI=1S/C20H32N2O/c1-2-3-4-8-11-18-15-23-16-19-20(18)21-12-13-22(19)14-17-9-6-5-7-10-17/h5-7,9-10,18-21H,2-4,8,11-16H2,1H3/t18?,19-,20-/m1/s1. The first-order valence-corrected chi connectivity index (χ1v) is 9.47. The smallest absolute Gasteiger partial charge is 0.0637 e. The third-order valence-corrected chi connectivity index (χ3v) is 5.45. The second-order valence-electron chi connectivity index (χ2n) is 7.15. The molecule has 2 heterocycles. The second kappa shape index (κ2) is 8.81. The molecule has 0 bridgehead atoms. The highest BCUT2D eigenvalue weighted by Gasteiger charge is 2.39. The van der Waals surface area contributed by atoms with E-state index in [1.807, 2.05) is 0 Å². The molecular weight excluding hydrogens is 284 g/mol. The largest absolute Gasteiger partial charge is 0.379 e. The Morgan fingerprint density at radius 2 is 2.00 bits per heavy atom. The number of rotatable bonds is 7. The quantitative estimate of drug-likeness (QED) is 0.780. The average molecular weight is 316 g/mol. The molecule has 1 aromatic carbocycles. The molecule has 0 aliphatic carbocycles. The maximum atomic E-state index is 5.99. The Labute approximate surface area is 141 Å². The number of nitrogens with zero attached hydrogens (tertiary/aromatic N) is 1. The molecule has 3 rings (SSSR count). The summed E-state index contributed by atoms with van der Waals surface area (Å²) >= 11 is 0. The van der Waals surface area contributed by atoms with Crippen molar-refractivity contribution in [3.05, 3.63) is 35.9 Å². The maximum absolute atomic E-state index is 5.99. The number of unbranched alkanes of at least 4 members (excludes halogenated alkanes) is 3. The van der Waals surface area contributed by atoms with E-state index in [9.17, 15) is 0 Å². The topological polar surface area (TPSA) is 24.5 Å². The third-order valence-electron chi connectivity index (χ3n) is 5.45. The van der Waals surface area contributed by atoms with Crippen LogP contribution in [0.3, 0.4) is 0 Å². The van der Waals surface area contributed by atoms with Crippen molar-refractivity contribution in [2.45, 2.75) is 57.7 Å². The lowest BCUT2D eigenvalue weighted by Gasteiger charge is -2.48. The van der Waals surface area contributed by atoms with Crippen LogP contribution in [0.25, 0.3) is 0 Å². The van der Waals surface area contributed by atoms with Gasteiger partial charge in [-0.1, -0.05) is 62.9 Å². The second-order valence-corrected chi connectivity index (χ2v) is 7.15. The van der Waals surface area contributed by atoms with Crippen molar-refractivity contribution in [3.63, 3.8) is 0 Å². The number of piperazine rings is 1. The summed E-state index contributed by atoms with van der Waals surface area (Å²) in [6, 6.07) is 12.0. The Balaban J connectivity index is 1.57. The molecule has 1 N–H and O–H groups in total. The molecule has 3 atom stereocenters. The van der Waals surface area contributed by atoms with E-state index < -0.39 is 0 Å². The van der Waals surface area contributed by atoms with Crippen LogP contribution in [0, 0.1) is 5.92 Å². The summed E-state index contributed by atoms with van der Waals surface area (Å²) in [5, 5.41) is 3.81. The average Bonchev–Trinajstić information content (AvgIpc) is 2.60. The van der Waals surface area contributed by atoms with Crippen LogP contribution in [0.4, 0.5) is 0 Å². The van der Waals surface area contributed by atoms with Crippen LogP contribution in [0.2, 0.25) is 0 Å². The van der Waals surface area contributed by atoms with E-state index in [0.717, 1.165) is 32.8 Å². The molecular formula is C20H32N2O. The van der Waals surface area contributed by atoms with Crippen LogP contribution in [0.5, 0.6) is 0 Å². The fourth-order valence-corrected chi connectivity index (χ4v) is 4.15. The predicted molar refractivity (Wildman–Crippen MR) is 95.5 cm³/mol. The number of benzene rings is 1. The first-order chi connectivity index (χ1) is 11.4. The van der Waals surface area contributed by atoms with E-state index in [-0.39, 0.29) is 0 Å². The Morgan fingerprint density at radius 1 is 1.13 bits per heavy atom. The van der Waals surface area contributed by atoms with Gasteiger partial charge in [0.1, 0.15) is 0 Å². The van der Waals surface area contributed by atoms with Crippen LogP contribution in [0.15, 0.2) is 30.3 Å². The third kappa shape index (κ3) is 4.56. The van der Waals surface area contributed by atoms with Crippen molar-refractivity contribution in [2.24, 2.45) is 5.92 Å². The zero-order valence-corrected chi connectivity index (χ0v) is 14.5. The Morgan fingerprint density at radius 3 is 2.83 bits per heavy atom. The molecule has 1 aromatic rings. The van der Waals surface area contributed by atoms with Gasteiger partial charge in [0.15, 0.2) is 0 Å². The number of hydrogen-bond donors (Lipinski definition) is 1. The molecule has 2 aliphatic heterocycles. The van der Waals surface area contributed by atoms with Gasteiger partial charge in [0.05, 0.1) is 13.2 Å². The fourth-order valence-electron chi connectivity index (χ4n) is 4.15. The van der Waals surface area contributed by atoms with Gasteiger partial charge in [-0.25, -0.2) is 0 Å². The van der Waals surface area contributed by atoms with Gasteiger partial charge in [-0.2, -0.15) is 0 Å². The van der Waals surface area contributed by atoms with Crippen molar-refractivity contribution >= 4 is 0 Å². The zero-order chi connectivity index (χ0) is 15.9. The summed E-state index contributed by atoms with van der Waals surface area (Å²) in [5.41, 5.74) is 1.42. The van der Waals surface area contributed by atoms with Crippen LogP contribution >= 0.6 is 0 Å². The molecule has 128 valence electrons. The van der Waals surface area contributed by atoms with Gasteiger partial charge in [0.25, 0.3) is 0 Å². The Kier molecular flexibility index (Phi) is 6.49. The number of fused-ring (bicyclic) bond motifs is 1. The highest BCUT2D eigenvalue weighted by molar-refractivity contribution is 5.15. The van der Waals surface area contributed by atoms with Crippen molar-refractivity contribution in [1.82, 2.24) is 10.2 Å². The van der Waals surface area contributed by atoms with Crippen LogP contribution in [-0.2, 0) is 11.3 Å². The van der Waals surface area contributed by atoms with Gasteiger partial charge >= 0.3 is 0 Å². The lowest BCUT2D eigenvalue weighted by molar-refractivity contribution is -0.0578. The monoisotopic (exact) mass is 316 g/mol. The predicted octanol–water partition coefficient (Wildman–Crippen LogP) is 3.45. The first kappa shape index (κ1) is 16.9. The first-order valence-electron chi connectivity index (χ1n) is 9.47. The molecule has 3 nitrogen and oxygen atoms in total. The van der Waals surface area contributed by atoms with Crippen LogP contribution < -0.4 is 5.32 Å². The van der Waals surface area contributed by atoms with E-state index in [0.29, 0.717) is 18.0 Å². The van der Waals surface area contributed by atoms with Gasteiger partial charge in [-0.05, 0) is 17.9 Å². The summed E-state index contributed by atoms with van der Waals surface area (Å²) in [7, 11) is 0. The zero-order valence-electron chi connectivity index (χ0n) is 14.5. The molecule has 0 saturated carbocycles. The summed E-state index contributed by atoms with van der Waals surface area (Å²) in [6.07, 6.45) is 6.72. The van der Waals surface area contributed by atoms with Crippen molar-refractivity contribution < 1.29 is 4.74 Å². The van der Waals surface area contributed by atoms with E-state index >= 15 is 0 Å². The van der Waals surface area contributed by atoms with E-state index in [1.54, 1.807) is 0 Å². The van der Waals surface area contributed by atoms with Crippen molar-refractivity contribution in [2.75, 3.05) is 26.3 Å². The molecule has 0 aromatic heterocycles. The van der Waals surface area contributed by atoms with Gasteiger partial charge in [0.2, 0.25) is 0 Å². The minimum absolute atomic E-state index is 0.536. The summed E-state index contributed by atoms with van der Waals surface area (Å²) in [5.74, 6) is 0.684. The van der Waals surface area contributed by atoms with E-state index in [2.05, 4.69) is 47.5 Å². The molecule has 2 aliphatic rings. The minimum atomic E-state index is 0.536. The number of nitrogens with one attached hydrogen (secondary N) is 1. The summed E-state index contributed by atoms with van der Waals surface area (Å²) < 4.78 is 5.99. The lowest BCUT2D eigenvalue weighted by Crippen LogP contribution is -2.64. The number of hydrogen-bond acceptors (Lipinski definition) is 3. The summed E-state index contributed by atoms with van der Waals surface area (Å²) in [6.45, 7) is 7.40. The van der Waals surface area contributed by atoms with Gasteiger partial charge in [0, 0.05) is 31.7 Å².